The van der Waals surface area contributed by atoms with Crippen LogP contribution in [-0.2, 0) is 0 Å². The third kappa shape index (κ3) is 4.14. The van der Waals surface area contributed by atoms with Gasteiger partial charge in [-0.2, -0.15) is 0 Å². The highest BCUT2D eigenvalue weighted by molar-refractivity contribution is 5.30. The van der Waals surface area contributed by atoms with Crippen molar-refractivity contribution in [2.45, 2.75) is 20.3 Å². The van der Waals surface area contributed by atoms with E-state index in [9.17, 15) is 0 Å². The van der Waals surface area contributed by atoms with E-state index in [0.29, 0.717) is 0 Å². The molecule has 0 aromatic rings. The highest BCUT2D eigenvalue weighted by atomic mass is 14.8. The first kappa shape index (κ1) is 11.2. The van der Waals surface area contributed by atoms with Crippen molar-refractivity contribution < 1.29 is 0 Å². The molecular formula is C11H19N. The maximum absolute atomic E-state index is 3.75. The zero-order valence-corrected chi connectivity index (χ0v) is 8.35. The molecule has 0 fully saturated rings. The molecule has 0 radical (unpaired) electrons. The first-order valence-electron chi connectivity index (χ1n) is 4.39. The number of hydrogen-bond donors (Lipinski definition) is 1. The lowest BCUT2D eigenvalue weighted by atomic mass is 10.1. The van der Waals surface area contributed by atoms with Gasteiger partial charge >= 0.3 is 0 Å². The number of nitrogens with one attached hydrogen (secondary N) is 1. The summed E-state index contributed by atoms with van der Waals surface area (Å²) in [5, 5.41) is 3.07. The minimum absolute atomic E-state index is 0.925. The Labute approximate surface area is 75.9 Å². The molecule has 0 rings (SSSR count). The highest BCUT2D eigenvalue weighted by Crippen LogP contribution is 2.10. The fourth-order valence-corrected chi connectivity index (χ4v) is 0.978. The summed E-state index contributed by atoms with van der Waals surface area (Å²) in [4.78, 5) is 0. The van der Waals surface area contributed by atoms with Gasteiger partial charge in [0.2, 0.25) is 0 Å². The highest BCUT2D eigenvalue weighted by Gasteiger charge is 1.90. The second-order valence-electron chi connectivity index (χ2n) is 2.73. The lowest BCUT2D eigenvalue weighted by Gasteiger charge is -2.00. The first-order valence-corrected chi connectivity index (χ1v) is 4.39. The van der Waals surface area contributed by atoms with Crippen molar-refractivity contribution in [2.24, 2.45) is 0 Å². The minimum Gasteiger partial charge on any atom is -0.316 e. The Morgan fingerprint density at radius 1 is 1.50 bits per heavy atom. The molecule has 1 heteroatoms. The van der Waals surface area contributed by atoms with Crippen molar-refractivity contribution in [3.05, 3.63) is 36.0 Å². The molecule has 0 bridgehead atoms. The lowest BCUT2D eigenvalue weighted by molar-refractivity contribution is 0.917. The van der Waals surface area contributed by atoms with Crippen molar-refractivity contribution in [1.29, 1.82) is 0 Å². The van der Waals surface area contributed by atoms with Crippen LogP contribution in [0.25, 0.3) is 0 Å². The van der Waals surface area contributed by atoms with Crippen LogP contribution in [0.15, 0.2) is 36.0 Å². The molecule has 12 heavy (non-hydrogen) atoms. The van der Waals surface area contributed by atoms with Crippen molar-refractivity contribution in [2.75, 3.05) is 13.6 Å². The summed E-state index contributed by atoms with van der Waals surface area (Å²) in [5.41, 5.74) is 2.63. The number of allylic oxidation sites excluding steroid dienone is 4. The van der Waals surface area contributed by atoms with E-state index in [1.165, 1.54) is 11.1 Å². The van der Waals surface area contributed by atoms with Gasteiger partial charge in [-0.25, -0.2) is 0 Å². The smallest absolute Gasteiger partial charge is 0.0135 e. The summed E-state index contributed by atoms with van der Waals surface area (Å²) in [6, 6.07) is 0. The number of hydrogen-bond acceptors (Lipinski definition) is 1. The standard InChI is InChI=1S/C11H19N/c1-5-10(3)11(6-2)8-7-9-12-4/h5,7-8,12H,1,6,9H2,2-4H3. The van der Waals surface area contributed by atoms with Gasteiger partial charge in [0.25, 0.3) is 0 Å². The molecule has 0 aliphatic carbocycles. The van der Waals surface area contributed by atoms with Crippen LogP contribution in [0.3, 0.4) is 0 Å². The average molecular weight is 165 g/mol. The van der Waals surface area contributed by atoms with Crippen molar-refractivity contribution in [3.8, 4) is 0 Å². The maximum Gasteiger partial charge on any atom is 0.0135 e. The SMILES string of the molecule is C=CC(C)=C(C=CCNC)CC. The second-order valence-corrected chi connectivity index (χ2v) is 2.73. The largest absolute Gasteiger partial charge is 0.316 e. The van der Waals surface area contributed by atoms with E-state index in [-0.39, 0.29) is 0 Å². The molecule has 0 unspecified atom stereocenters. The molecule has 0 atom stereocenters. The van der Waals surface area contributed by atoms with Crippen molar-refractivity contribution in [1.82, 2.24) is 5.32 Å². The normalized spacial score (nSPS) is 13.2. The van der Waals surface area contributed by atoms with Crippen LogP contribution in [-0.4, -0.2) is 13.6 Å². The van der Waals surface area contributed by atoms with Gasteiger partial charge in [0, 0.05) is 6.54 Å². The van der Waals surface area contributed by atoms with Crippen LogP contribution in [0.5, 0.6) is 0 Å². The summed E-state index contributed by atoms with van der Waals surface area (Å²) in [6.07, 6.45) is 7.26. The van der Waals surface area contributed by atoms with Gasteiger partial charge in [0.1, 0.15) is 0 Å². The summed E-state index contributed by atoms with van der Waals surface area (Å²) in [5.74, 6) is 0. The van der Waals surface area contributed by atoms with Crippen LogP contribution < -0.4 is 5.32 Å². The average Bonchev–Trinajstić information content (AvgIpc) is 2.11. The number of likely N-dealkylation sites (N-methyl/N-ethyl adjacent to an activating group) is 1. The van der Waals surface area contributed by atoms with Gasteiger partial charge in [-0.05, 0) is 31.5 Å². The fourth-order valence-electron chi connectivity index (χ4n) is 0.978. The predicted octanol–water partition coefficient (Wildman–Crippen LogP) is 2.67. The van der Waals surface area contributed by atoms with Crippen molar-refractivity contribution in [3.63, 3.8) is 0 Å². The Balaban J connectivity index is 4.26. The molecule has 0 heterocycles. The predicted molar refractivity (Wildman–Crippen MR) is 56.3 cm³/mol. The van der Waals surface area contributed by atoms with Gasteiger partial charge in [-0.1, -0.05) is 31.7 Å². The monoisotopic (exact) mass is 165 g/mol. The van der Waals surface area contributed by atoms with E-state index in [1.807, 2.05) is 13.1 Å². The Bertz CT molecular complexity index is 187. The molecule has 1 nitrogen and oxygen atoms in total. The van der Waals surface area contributed by atoms with Crippen LogP contribution in [0.1, 0.15) is 20.3 Å². The lowest BCUT2D eigenvalue weighted by Crippen LogP contribution is -2.03. The van der Waals surface area contributed by atoms with E-state index >= 15 is 0 Å². The molecule has 68 valence electrons. The third-order valence-electron chi connectivity index (χ3n) is 1.83. The molecule has 0 saturated heterocycles. The van der Waals surface area contributed by atoms with Gasteiger partial charge in [-0.3, -0.25) is 0 Å². The van der Waals surface area contributed by atoms with Crippen LogP contribution in [0.4, 0.5) is 0 Å². The van der Waals surface area contributed by atoms with E-state index in [1.54, 1.807) is 0 Å². The molecule has 0 saturated carbocycles. The van der Waals surface area contributed by atoms with E-state index in [0.717, 1.165) is 13.0 Å². The van der Waals surface area contributed by atoms with E-state index in [4.69, 9.17) is 0 Å². The molecule has 0 amide bonds. The Hall–Kier alpha value is -0.820. The molecule has 0 aliphatic rings. The summed E-state index contributed by atoms with van der Waals surface area (Å²) < 4.78 is 0. The van der Waals surface area contributed by atoms with E-state index in [2.05, 4.69) is 37.9 Å². The quantitative estimate of drug-likeness (QED) is 0.618. The van der Waals surface area contributed by atoms with E-state index < -0.39 is 0 Å². The van der Waals surface area contributed by atoms with Gasteiger partial charge in [-0.15, -0.1) is 0 Å². The van der Waals surface area contributed by atoms with Crippen LogP contribution in [0.2, 0.25) is 0 Å². The molecule has 1 N–H and O–H groups in total. The molecule has 0 aromatic heterocycles. The molecular weight excluding hydrogens is 146 g/mol. The molecule has 0 aromatic carbocycles. The minimum atomic E-state index is 0.925. The first-order chi connectivity index (χ1) is 5.76. The Morgan fingerprint density at radius 3 is 2.58 bits per heavy atom. The van der Waals surface area contributed by atoms with Gasteiger partial charge in [0.05, 0.1) is 0 Å². The Morgan fingerprint density at radius 2 is 2.17 bits per heavy atom. The maximum atomic E-state index is 3.75. The Kier molecular flexibility index (Phi) is 6.39. The van der Waals surface area contributed by atoms with Crippen LogP contribution >= 0.6 is 0 Å². The number of rotatable bonds is 5. The second kappa shape index (κ2) is 6.86. The summed E-state index contributed by atoms with van der Waals surface area (Å²) in [7, 11) is 1.94. The van der Waals surface area contributed by atoms with Crippen LogP contribution in [0, 0.1) is 0 Å². The van der Waals surface area contributed by atoms with Crippen molar-refractivity contribution >= 4 is 0 Å². The van der Waals surface area contributed by atoms with Gasteiger partial charge in [0.15, 0.2) is 0 Å². The zero-order valence-electron chi connectivity index (χ0n) is 8.35. The third-order valence-corrected chi connectivity index (χ3v) is 1.83. The summed E-state index contributed by atoms with van der Waals surface area (Å²) in [6.45, 7) is 8.93. The molecule has 0 aliphatic heterocycles. The van der Waals surface area contributed by atoms with Gasteiger partial charge < -0.3 is 5.32 Å². The zero-order chi connectivity index (χ0) is 9.40. The summed E-state index contributed by atoms with van der Waals surface area (Å²) >= 11 is 0. The molecule has 0 spiro atoms. The fraction of sp³-hybridized carbons (Fsp3) is 0.455. The topological polar surface area (TPSA) is 12.0 Å².